The van der Waals surface area contributed by atoms with Crippen molar-refractivity contribution in [1.29, 1.82) is 0 Å². The van der Waals surface area contributed by atoms with Crippen molar-refractivity contribution in [2.75, 3.05) is 0 Å². The normalized spacial score (nSPS) is 24.1. The Balaban J connectivity index is 2.99. The Morgan fingerprint density at radius 1 is 0.792 bits per heavy atom. The van der Waals surface area contributed by atoms with Crippen LogP contribution in [-0.2, 0) is 14.3 Å². The molecule has 0 aromatic carbocycles. The number of esters is 2. The van der Waals surface area contributed by atoms with Crippen molar-refractivity contribution in [2.24, 2.45) is 22.7 Å². The summed E-state index contributed by atoms with van der Waals surface area (Å²) in [4.78, 5) is 25.1. The van der Waals surface area contributed by atoms with Crippen molar-refractivity contribution in [2.45, 2.75) is 99.3 Å². The Labute approximate surface area is 148 Å². The van der Waals surface area contributed by atoms with Gasteiger partial charge in [0, 0.05) is 0 Å². The zero-order valence-electron chi connectivity index (χ0n) is 16.7. The summed E-state index contributed by atoms with van der Waals surface area (Å²) in [5, 5.41) is 0. The molecule has 1 heterocycles. The maximum Gasteiger partial charge on any atom is 0.318 e. The first-order valence-electron chi connectivity index (χ1n) is 9.99. The van der Waals surface area contributed by atoms with E-state index in [9.17, 15) is 9.59 Å². The fraction of sp³-hybridized carbons (Fsp3) is 0.905. The molecular formula is C21H38O3. The topological polar surface area (TPSA) is 43.4 Å². The van der Waals surface area contributed by atoms with E-state index in [1.54, 1.807) is 0 Å². The Hall–Kier alpha value is -0.860. The van der Waals surface area contributed by atoms with Gasteiger partial charge in [0.1, 0.15) is 0 Å². The van der Waals surface area contributed by atoms with E-state index in [4.69, 9.17) is 4.74 Å². The quantitative estimate of drug-likeness (QED) is 0.267. The van der Waals surface area contributed by atoms with Crippen LogP contribution in [0.4, 0.5) is 0 Å². The van der Waals surface area contributed by atoms with E-state index in [0.717, 1.165) is 38.5 Å². The van der Waals surface area contributed by atoms with Crippen molar-refractivity contribution in [3.8, 4) is 0 Å². The van der Waals surface area contributed by atoms with Crippen molar-refractivity contribution in [3.63, 3.8) is 0 Å². The number of cyclic esters (lactones) is 2. The third kappa shape index (κ3) is 4.83. The second-order valence-electron chi connectivity index (χ2n) is 8.61. The standard InChI is InChI=1S/C21H38O3/c1-7-10-12-13-14-20(4,5)16-17(19(23)24-18(16)22)21(6,9-3)15-11-8-2/h16-17H,7-15H2,1-6H3. The molecule has 0 aliphatic carbocycles. The number of hydrogen-bond acceptors (Lipinski definition) is 3. The molecule has 1 rings (SSSR count). The van der Waals surface area contributed by atoms with Gasteiger partial charge in [0.05, 0.1) is 11.8 Å². The number of ether oxygens (including phenoxy) is 1. The summed E-state index contributed by atoms with van der Waals surface area (Å²) in [7, 11) is 0. The van der Waals surface area contributed by atoms with Crippen LogP contribution in [0.1, 0.15) is 99.3 Å². The van der Waals surface area contributed by atoms with Gasteiger partial charge in [-0.25, -0.2) is 0 Å². The summed E-state index contributed by atoms with van der Waals surface area (Å²) in [6, 6.07) is 0. The van der Waals surface area contributed by atoms with Crippen LogP contribution in [0, 0.1) is 22.7 Å². The summed E-state index contributed by atoms with van der Waals surface area (Å²) in [6.45, 7) is 13.0. The van der Waals surface area contributed by atoms with E-state index in [-0.39, 0.29) is 34.6 Å². The lowest BCUT2D eigenvalue weighted by atomic mass is 9.60. The van der Waals surface area contributed by atoms with E-state index in [2.05, 4.69) is 41.5 Å². The van der Waals surface area contributed by atoms with Crippen LogP contribution in [0.25, 0.3) is 0 Å². The zero-order chi connectivity index (χ0) is 18.4. The molecule has 0 bridgehead atoms. The average Bonchev–Trinajstić information content (AvgIpc) is 2.85. The van der Waals surface area contributed by atoms with Crippen LogP contribution in [0.5, 0.6) is 0 Å². The van der Waals surface area contributed by atoms with Gasteiger partial charge in [0.2, 0.25) is 0 Å². The number of rotatable bonds is 11. The van der Waals surface area contributed by atoms with Crippen molar-refractivity contribution >= 4 is 11.9 Å². The molecule has 140 valence electrons. The number of carbonyl (C=O) groups excluding carboxylic acids is 2. The molecule has 3 unspecified atom stereocenters. The second kappa shape index (κ2) is 9.01. The molecule has 1 aliphatic heterocycles. The van der Waals surface area contributed by atoms with Crippen LogP contribution in [0.3, 0.4) is 0 Å². The SMILES string of the molecule is CCCCCCC(C)(C)C1C(=O)OC(=O)C1C(C)(CC)CCCC. The molecular weight excluding hydrogens is 300 g/mol. The molecule has 1 saturated heterocycles. The smallest absolute Gasteiger partial charge is 0.318 e. The van der Waals surface area contributed by atoms with Gasteiger partial charge in [-0.3, -0.25) is 9.59 Å². The molecule has 3 nitrogen and oxygen atoms in total. The van der Waals surface area contributed by atoms with Crippen LogP contribution in [-0.4, -0.2) is 11.9 Å². The summed E-state index contributed by atoms with van der Waals surface area (Å²) in [5.41, 5.74) is -0.338. The first kappa shape index (κ1) is 21.2. The molecule has 0 N–H and O–H groups in total. The maximum absolute atomic E-state index is 12.5. The Bertz CT molecular complexity index is 427. The molecule has 0 spiro atoms. The molecule has 1 fully saturated rings. The van der Waals surface area contributed by atoms with Crippen molar-refractivity contribution in [1.82, 2.24) is 0 Å². The lowest BCUT2D eigenvalue weighted by Crippen LogP contribution is -2.41. The third-order valence-electron chi connectivity index (χ3n) is 6.22. The molecule has 0 aromatic rings. The minimum absolute atomic E-state index is 0.148. The highest BCUT2D eigenvalue weighted by Gasteiger charge is 2.57. The van der Waals surface area contributed by atoms with Gasteiger partial charge >= 0.3 is 11.9 Å². The average molecular weight is 339 g/mol. The lowest BCUT2D eigenvalue weighted by Gasteiger charge is -2.40. The van der Waals surface area contributed by atoms with E-state index in [1.807, 2.05) is 0 Å². The van der Waals surface area contributed by atoms with E-state index < -0.39 is 0 Å². The molecule has 0 saturated carbocycles. The maximum atomic E-state index is 12.5. The first-order valence-corrected chi connectivity index (χ1v) is 9.99. The zero-order valence-corrected chi connectivity index (χ0v) is 16.7. The van der Waals surface area contributed by atoms with Gasteiger partial charge in [-0.2, -0.15) is 0 Å². The van der Waals surface area contributed by atoms with Crippen molar-refractivity contribution < 1.29 is 14.3 Å². The predicted molar refractivity (Wildman–Crippen MR) is 98.5 cm³/mol. The minimum atomic E-state index is -0.298. The van der Waals surface area contributed by atoms with Crippen LogP contribution in [0.2, 0.25) is 0 Å². The summed E-state index contributed by atoms with van der Waals surface area (Å²) in [5.74, 6) is -1.16. The second-order valence-corrected chi connectivity index (χ2v) is 8.61. The summed E-state index contributed by atoms with van der Waals surface area (Å²) >= 11 is 0. The molecule has 24 heavy (non-hydrogen) atoms. The van der Waals surface area contributed by atoms with Gasteiger partial charge in [-0.1, -0.05) is 80.1 Å². The molecule has 1 aliphatic rings. The van der Waals surface area contributed by atoms with Gasteiger partial charge in [0.25, 0.3) is 0 Å². The van der Waals surface area contributed by atoms with E-state index in [0.29, 0.717) is 0 Å². The van der Waals surface area contributed by atoms with E-state index in [1.165, 1.54) is 19.3 Å². The van der Waals surface area contributed by atoms with E-state index >= 15 is 0 Å². The van der Waals surface area contributed by atoms with Gasteiger partial charge < -0.3 is 4.74 Å². The lowest BCUT2D eigenvalue weighted by molar-refractivity contribution is -0.155. The fourth-order valence-electron chi connectivity index (χ4n) is 4.25. The molecule has 0 radical (unpaired) electrons. The molecule has 0 amide bonds. The molecule has 0 aromatic heterocycles. The van der Waals surface area contributed by atoms with Gasteiger partial charge in [0.15, 0.2) is 0 Å². The van der Waals surface area contributed by atoms with Crippen molar-refractivity contribution in [3.05, 3.63) is 0 Å². The van der Waals surface area contributed by atoms with Crippen LogP contribution >= 0.6 is 0 Å². The monoisotopic (exact) mass is 338 g/mol. The Kier molecular flexibility index (Phi) is 7.95. The predicted octanol–water partition coefficient (Wildman–Crippen LogP) is 5.91. The number of carbonyl (C=O) groups is 2. The molecule has 3 heteroatoms. The summed E-state index contributed by atoms with van der Waals surface area (Å²) < 4.78 is 5.15. The molecule has 3 atom stereocenters. The minimum Gasteiger partial charge on any atom is -0.393 e. The Morgan fingerprint density at radius 3 is 1.92 bits per heavy atom. The number of hydrogen-bond donors (Lipinski definition) is 0. The first-order chi connectivity index (χ1) is 11.2. The van der Waals surface area contributed by atoms with Gasteiger partial charge in [-0.15, -0.1) is 0 Å². The fourth-order valence-corrected chi connectivity index (χ4v) is 4.25. The van der Waals surface area contributed by atoms with Crippen LogP contribution < -0.4 is 0 Å². The number of unbranched alkanes of at least 4 members (excludes halogenated alkanes) is 4. The third-order valence-corrected chi connectivity index (χ3v) is 6.22. The summed E-state index contributed by atoms with van der Waals surface area (Å²) in [6.07, 6.45) is 9.81. The van der Waals surface area contributed by atoms with Gasteiger partial charge in [-0.05, 0) is 30.1 Å². The highest BCUT2D eigenvalue weighted by molar-refractivity contribution is 5.97. The highest BCUT2D eigenvalue weighted by Crippen LogP contribution is 2.51. The Morgan fingerprint density at radius 2 is 1.38 bits per heavy atom. The highest BCUT2D eigenvalue weighted by atomic mass is 16.6. The van der Waals surface area contributed by atoms with Crippen LogP contribution in [0.15, 0.2) is 0 Å². The largest absolute Gasteiger partial charge is 0.393 e.